The molecule has 90 valence electrons. The lowest BCUT2D eigenvalue weighted by atomic mass is 10.0. The van der Waals surface area contributed by atoms with Gasteiger partial charge in [-0.05, 0) is 38.3 Å². The molecule has 2 aromatic rings. The summed E-state index contributed by atoms with van der Waals surface area (Å²) in [5, 5.41) is 0. The second-order valence-electron chi connectivity index (χ2n) is 4.76. The Morgan fingerprint density at radius 2 is 2.29 bits per heavy atom. The topological polar surface area (TPSA) is 55.3 Å². The smallest absolute Gasteiger partial charge is 0.298 e. The Morgan fingerprint density at radius 3 is 3.12 bits per heavy atom. The number of oxazole rings is 1. The third-order valence-corrected chi connectivity index (χ3v) is 3.45. The molecule has 0 radical (unpaired) electrons. The van der Waals surface area contributed by atoms with Gasteiger partial charge < -0.3 is 15.1 Å². The molecule has 3 rings (SSSR count). The second kappa shape index (κ2) is 3.95. The van der Waals surface area contributed by atoms with Crippen LogP contribution < -0.4 is 10.6 Å². The maximum atomic E-state index is 5.79. The number of rotatable bonds is 1. The molecule has 1 unspecified atom stereocenters. The maximum absolute atomic E-state index is 5.79. The highest BCUT2D eigenvalue weighted by Crippen LogP contribution is 2.28. The number of nitrogens with zero attached hydrogens (tertiary/aromatic N) is 2. The molecule has 1 aromatic carbocycles. The molecule has 17 heavy (non-hydrogen) atoms. The summed E-state index contributed by atoms with van der Waals surface area (Å²) in [6, 6.07) is 6.84. The number of nitrogen functional groups attached to an aromatic ring is 1. The number of fused-ring (bicyclic) bond motifs is 1. The highest BCUT2D eigenvalue weighted by Gasteiger charge is 2.22. The van der Waals surface area contributed by atoms with E-state index in [0.29, 0.717) is 11.7 Å². The number of hydrogen-bond donors (Lipinski definition) is 1. The van der Waals surface area contributed by atoms with Gasteiger partial charge >= 0.3 is 0 Å². The van der Waals surface area contributed by atoms with Crippen molar-refractivity contribution in [2.75, 3.05) is 17.2 Å². The molecule has 1 aliphatic rings. The van der Waals surface area contributed by atoms with Gasteiger partial charge in [-0.3, -0.25) is 0 Å². The van der Waals surface area contributed by atoms with Crippen LogP contribution in [0.4, 0.5) is 11.7 Å². The predicted molar refractivity (Wildman–Crippen MR) is 69.1 cm³/mol. The first-order valence-corrected chi connectivity index (χ1v) is 6.17. The summed E-state index contributed by atoms with van der Waals surface area (Å²) in [7, 11) is 0. The molecule has 4 nitrogen and oxygen atoms in total. The quantitative estimate of drug-likeness (QED) is 0.767. The van der Waals surface area contributed by atoms with Gasteiger partial charge in [0.1, 0.15) is 5.52 Å². The lowest BCUT2D eigenvalue weighted by Gasteiger charge is -2.31. The molecule has 0 spiro atoms. The zero-order valence-electron chi connectivity index (χ0n) is 10.0. The Balaban J connectivity index is 1.99. The summed E-state index contributed by atoms with van der Waals surface area (Å²) in [5.41, 5.74) is 8.11. The minimum Gasteiger partial charge on any atom is -0.423 e. The number of piperidine rings is 1. The SMILES string of the molecule is CC1CCCCN1c1nc2ccc(N)cc2o1. The summed E-state index contributed by atoms with van der Waals surface area (Å²) in [4.78, 5) is 6.78. The Morgan fingerprint density at radius 1 is 1.41 bits per heavy atom. The number of anilines is 2. The van der Waals surface area contributed by atoms with Crippen molar-refractivity contribution in [3.8, 4) is 0 Å². The fourth-order valence-electron chi connectivity index (χ4n) is 2.43. The van der Waals surface area contributed by atoms with E-state index in [2.05, 4.69) is 16.8 Å². The van der Waals surface area contributed by atoms with Gasteiger partial charge in [0.15, 0.2) is 5.58 Å². The second-order valence-corrected chi connectivity index (χ2v) is 4.76. The van der Waals surface area contributed by atoms with E-state index in [1.54, 1.807) is 0 Å². The van der Waals surface area contributed by atoms with E-state index in [1.165, 1.54) is 19.3 Å². The largest absolute Gasteiger partial charge is 0.423 e. The van der Waals surface area contributed by atoms with E-state index in [0.717, 1.165) is 23.7 Å². The molecule has 1 aliphatic heterocycles. The minimum atomic E-state index is 0.508. The van der Waals surface area contributed by atoms with Crippen LogP contribution >= 0.6 is 0 Å². The number of aromatic nitrogens is 1. The normalized spacial score (nSPS) is 21.0. The molecular weight excluding hydrogens is 214 g/mol. The molecule has 0 saturated carbocycles. The van der Waals surface area contributed by atoms with E-state index in [-0.39, 0.29) is 0 Å². The van der Waals surface area contributed by atoms with E-state index >= 15 is 0 Å². The molecule has 0 bridgehead atoms. The number of nitrogens with two attached hydrogens (primary N) is 1. The third kappa shape index (κ3) is 1.84. The minimum absolute atomic E-state index is 0.508. The molecule has 1 atom stereocenters. The molecule has 2 N–H and O–H groups in total. The van der Waals surface area contributed by atoms with E-state index in [1.807, 2.05) is 18.2 Å². The van der Waals surface area contributed by atoms with Crippen LogP contribution in [0.3, 0.4) is 0 Å². The van der Waals surface area contributed by atoms with E-state index in [4.69, 9.17) is 10.2 Å². The van der Waals surface area contributed by atoms with Gasteiger partial charge in [-0.15, -0.1) is 0 Å². The summed E-state index contributed by atoms with van der Waals surface area (Å²) in [5.74, 6) is 0. The van der Waals surface area contributed by atoms with Crippen molar-refractivity contribution in [1.82, 2.24) is 4.98 Å². The number of hydrogen-bond acceptors (Lipinski definition) is 4. The van der Waals surface area contributed by atoms with Crippen LogP contribution in [0.5, 0.6) is 0 Å². The van der Waals surface area contributed by atoms with Gasteiger partial charge in [-0.1, -0.05) is 0 Å². The Kier molecular flexibility index (Phi) is 2.42. The van der Waals surface area contributed by atoms with Crippen molar-refractivity contribution in [2.24, 2.45) is 0 Å². The zero-order chi connectivity index (χ0) is 11.8. The highest BCUT2D eigenvalue weighted by molar-refractivity contribution is 5.78. The lowest BCUT2D eigenvalue weighted by molar-refractivity contribution is 0.443. The van der Waals surface area contributed by atoms with Crippen molar-refractivity contribution < 1.29 is 4.42 Å². The Labute approximate surface area is 100 Å². The monoisotopic (exact) mass is 231 g/mol. The Bertz CT molecular complexity index is 534. The first-order chi connectivity index (χ1) is 8.24. The summed E-state index contributed by atoms with van der Waals surface area (Å²) in [6.07, 6.45) is 3.72. The van der Waals surface area contributed by atoms with Gasteiger partial charge in [-0.25, -0.2) is 0 Å². The van der Waals surface area contributed by atoms with Crippen molar-refractivity contribution in [2.45, 2.75) is 32.2 Å². The van der Waals surface area contributed by atoms with Crippen LogP contribution in [0.2, 0.25) is 0 Å². The van der Waals surface area contributed by atoms with Crippen molar-refractivity contribution in [3.05, 3.63) is 18.2 Å². The van der Waals surface area contributed by atoms with Crippen LogP contribution in [-0.2, 0) is 0 Å². The first kappa shape index (κ1) is 10.4. The summed E-state index contributed by atoms with van der Waals surface area (Å²) >= 11 is 0. The molecule has 1 fully saturated rings. The average molecular weight is 231 g/mol. The van der Waals surface area contributed by atoms with Crippen LogP contribution in [0.1, 0.15) is 26.2 Å². The standard InChI is InChI=1S/C13H17N3O/c1-9-4-2-3-7-16(9)13-15-11-6-5-10(14)8-12(11)17-13/h5-6,8-9H,2-4,7,14H2,1H3. The average Bonchev–Trinajstić information content (AvgIpc) is 2.72. The predicted octanol–water partition coefficient (Wildman–Crippen LogP) is 2.79. The van der Waals surface area contributed by atoms with Crippen molar-refractivity contribution in [3.63, 3.8) is 0 Å². The maximum Gasteiger partial charge on any atom is 0.298 e. The van der Waals surface area contributed by atoms with Gasteiger partial charge in [0, 0.05) is 24.3 Å². The summed E-state index contributed by atoms with van der Waals surface area (Å²) in [6.45, 7) is 3.26. The van der Waals surface area contributed by atoms with Crippen molar-refractivity contribution >= 4 is 22.8 Å². The number of benzene rings is 1. The molecule has 4 heteroatoms. The molecular formula is C13H17N3O. The van der Waals surface area contributed by atoms with Crippen molar-refractivity contribution in [1.29, 1.82) is 0 Å². The van der Waals surface area contributed by atoms with Crippen LogP contribution in [0.25, 0.3) is 11.1 Å². The van der Waals surface area contributed by atoms with Gasteiger partial charge in [0.2, 0.25) is 0 Å². The first-order valence-electron chi connectivity index (χ1n) is 6.17. The molecule has 1 aromatic heterocycles. The molecule has 0 aliphatic carbocycles. The fraction of sp³-hybridized carbons (Fsp3) is 0.462. The zero-order valence-corrected chi connectivity index (χ0v) is 10.0. The molecule has 2 heterocycles. The van der Waals surface area contributed by atoms with E-state index < -0.39 is 0 Å². The van der Waals surface area contributed by atoms with Crippen LogP contribution in [0.15, 0.2) is 22.6 Å². The van der Waals surface area contributed by atoms with Crippen LogP contribution in [-0.4, -0.2) is 17.6 Å². The fourth-order valence-corrected chi connectivity index (χ4v) is 2.43. The van der Waals surface area contributed by atoms with Crippen LogP contribution in [0, 0.1) is 0 Å². The molecule has 0 amide bonds. The lowest BCUT2D eigenvalue weighted by Crippen LogP contribution is -2.37. The highest BCUT2D eigenvalue weighted by atomic mass is 16.4. The van der Waals surface area contributed by atoms with Gasteiger partial charge in [0.05, 0.1) is 0 Å². The Hall–Kier alpha value is -1.71. The van der Waals surface area contributed by atoms with E-state index in [9.17, 15) is 0 Å². The molecule has 1 saturated heterocycles. The van der Waals surface area contributed by atoms with Gasteiger partial charge in [-0.2, -0.15) is 4.98 Å². The van der Waals surface area contributed by atoms with Gasteiger partial charge in [0.25, 0.3) is 6.01 Å². The third-order valence-electron chi connectivity index (χ3n) is 3.45. The summed E-state index contributed by atoms with van der Waals surface area (Å²) < 4.78 is 5.79.